The normalized spacial score (nSPS) is 10.6. The van der Waals surface area contributed by atoms with Crippen molar-refractivity contribution in [3.05, 3.63) is 22.7 Å². The smallest absolute Gasteiger partial charge is 0.221 e. The molecule has 0 bridgehead atoms. The van der Waals surface area contributed by atoms with Crippen LogP contribution in [0.5, 0.6) is 11.5 Å². The lowest BCUT2D eigenvalue weighted by molar-refractivity contribution is -0.120. The van der Waals surface area contributed by atoms with Gasteiger partial charge in [-0.25, -0.2) is 0 Å². The van der Waals surface area contributed by atoms with Crippen LogP contribution in [-0.4, -0.2) is 43.7 Å². The number of rotatable bonds is 6. The molecule has 19 heavy (non-hydrogen) atoms. The van der Waals surface area contributed by atoms with Crippen LogP contribution in [0.4, 0.5) is 0 Å². The van der Waals surface area contributed by atoms with Crippen molar-refractivity contribution in [2.75, 3.05) is 27.7 Å². The lowest BCUT2D eigenvalue weighted by atomic mass is 10.1. The number of carbonyl (C=O) groups is 1. The summed E-state index contributed by atoms with van der Waals surface area (Å²) in [6.07, 6.45) is 0.408. The number of phenols is 1. The van der Waals surface area contributed by atoms with Crippen molar-refractivity contribution in [3.8, 4) is 11.5 Å². The molecule has 0 spiro atoms. The van der Waals surface area contributed by atoms with Gasteiger partial charge >= 0.3 is 0 Å². The number of halogens is 1. The first-order valence-corrected chi connectivity index (χ1v) is 6.30. The topological polar surface area (TPSA) is 61.8 Å². The maximum Gasteiger partial charge on any atom is 0.221 e. The number of nitrogens with one attached hydrogen (secondary N) is 1. The highest BCUT2D eigenvalue weighted by atomic mass is 35.5. The molecule has 0 aliphatic carbocycles. The maximum absolute atomic E-state index is 11.2. The third-order valence-corrected chi connectivity index (χ3v) is 3.00. The van der Waals surface area contributed by atoms with Crippen molar-refractivity contribution < 1.29 is 14.6 Å². The maximum atomic E-state index is 11.2. The molecule has 2 N–H and O–H groups in total. The van der Waals surface area contributed by atoms with E-state index >= 15 is 0 Å². The van der Waals surface area contributed by atoms with Crippen LogP contribution in [-0.2, 0) is 11.3 Å². The molecule has 0 aliphatic rings. The molecule has 0 atom stereocenters. The van der Waals surface area contributed by atoms with Gasteiger partial charge in [-0.2, -0.15) is 0 Å². The first kappa shape index (κ1) is 15.6. The van der Waals surface area contributed by atoms with Crippen LogP contribution < -0.4 is 10.1 Å². The average molecular weight is 287 g/mol. The molecule has 1 rings (SSSR count). The molecule has 0 fully saturated rings. The van der Waals surface area contributed by atoms with E-state index in [1.165, 1.54) is 7.11 Å². The summed E-state index contributed by atoms with van der Waals surface area (Å²) in [6.45, 7) is 1.08. The number of benzene rings is 1. The highest BCUT2D eigenvalue weighted by Crippen LogP contribution is 2.33. The number of nitrogens with zero attached hydrogens (tertiary/aromatic N) is 1. The lowest BCUT2D eigenvalue weighted by Crippen LogP contribution is -2.26. The van der Waals surface area contributed by atoms with Crippen molar-refractivity contribution in [2.45, 2.75) is 13.0 Å². The van der Waals surface area contributed by atoms with Gasteiger partial charge in [-0.1, -0.05) is 11.6 Å². The number of aromatic hydroxyl groups is 1. The van der Waals surface area contributed by atoms with Crippen LogP contribution in [0.3, 0.4) is 0 Å². The van der Waals surface area contributed by atoms with Gasteiger partial charge in [0.1, 0.15) is 0 Å². The van der Waals surface area contributed by atoms with E-state index in [9.17, 15) is 9.90 Å². The number of ether oxygens (including phenoxy) is 1. The average Bonchev–Trinajstić information content (AvgIpc) is 2.39. The Hall–Kier alpha value is -1.46. The quantitative estimate of drug-likeness (QED) is 0.834. The molecule has 0 saturated carbocycles. The van der Waals surface area contributed by atoms with E-state index in [1.807, 2.05) is 11.9 Å². The Morgan fingerprint density at radius 1 is 1.53 bits per heavy atom. The third kappa shape index (κ3) is 4.61. The van der Waals surface area contributed by atoms with Gasteiger partial charge in [0.2, 0.25) is 5.91 Å². The Labute approximate surface area is 118 Å². The van der Waals surface area contributed by atoms with E-state index < -0.39 is 0 Å². The van der Waals surface area contributed by atoms with Gasteiger partial charge < -0.3 is 20.1 Å². The van der Waals surface area contributed by atoms with Crippen molar-refractivity contribution >= 4 is 17.5 Å². The van der Waals surface area contributed by atoms with Crippen LogP contribution in [0.2, 0.25) is 5.02 Å². The summed E-state index contributed by atoms with van der Waals surface area (Å²) in [5, 5.41) is 13.1. The number of hydrogen-bond acceptors (Lipinski definition) is 4. The standard InChI is InChI=1S/C13H19ClN2O3/c1-15-12(17)4-5-16(2)8-9-6-10(14)7-11(19-3)13(9)18/h6-7,18H,4-5,8H2,1-3H3,(H,15,17). The van der Waals surface area contributed by atoms with E-state index in [2.05, 4.69) is 5.32 Å². The predicted octanol–water partition coefficient (Wildman–Crippen LogP) is 1.62. The number of carbonyl (C=O) groups excluding carboxylic acids is 1. The molecule has 1 aromatic carbocycles. The molecule has 0 unspecified atom stereocenters. The summed E-state index contributed by atoms with van der Waals surface area (Å²) >= 11 is 5.96. The predicted molar refractivity (Wildman–Crippen MR) is 74.7 cm³/mol. The number of hydrogen-bond donors (Lipinski definition) is 2. The Balaban J connectivity index is 2.71. The summed E-state index contributed by atoms with van der Waals surface area (Å²) in [6, 6.07) is 3.25. The lowest BCUT2D eigenvalue weighted by Gasteiger charge is -2.18. The minimum Gasteiger partial charge on any atom is -0.504 e. The van der Waals surface area contributed by atoms with Gasteiger partial charge in [0, 0.05) is 43.2 Å². The summed E-state index contributed by atoms with van der Waals surface area (Å²) in [5.74, 6) is 0.417. The van der Waals surface area contributed by atoms with Crippen LogP contribution in [0.15, 0.2) is 12.1 Å². The first-order chi connectivity index (χ1) is 8.97. The molecular weight excluding hydrogens is 268 g/mol. The second kappa shape index (κ2) is 7.21. The van der Waals surface area contributed by atoms with Crippen molar-refractivity contribution in [2.24, 2.45) is 0 Å². The van der Waals surface area contributed by atoms with Crippen molar-refractivity contribution in [3.63, 3.8) is 0 Å². The largest absolute Gasteiger partial charge is 0.504 e. The highest BCUT2D eigenvalue weighted by molar-refractivity contribution is 6.30. The van der Waals surface area contributed by atoms with E-state index in [0.717, 1.165) is 0 Å². The van der Waals surface area contributed by atoms with E-state index in [-0.39, 0.29) is 11.7 Å². The monoisotopic (exact) mass is 286 g/mol. The minimum absolute atomic E-state index is 0.0141. The van der Waals surface area contributed by atoms with E-state index in [1.54, 1.807) is 19.2 Å². The Kier molecular flexibility index (Phi) is 5.92. The highest BCUT2D eigenvalue weighted by Gasteiger charge is 2.12. The zero-order valence-electron chi connectivity index (χ0n) is 11.4. The molecule has 1 aromatic rings. The van der Waals surface area contributed by atoms with Crippen LogP contribution in [0.1, 0.15) is 12.0 Å². The fraction of sp³-hybridized carbons (Fsp3) is 0.462. The Morgan fingerprint density at radius 2 is 2.21 bits per heavy atom. The molecule has 1 amide bonds. The molecular formula is C13H19ClN2O3. The van der Waals surface area contributed by atoms with Crippen LogP contribution >= 0.6 is 11.6 Å². The molecule has 5 nitrogen and oxygen atoms in total. The number of phenolic OH excluding ortho intramolecular Hbond substituents is 1. The molecule has 6 heteroatoms. The summed E-state index contributed by atoms with van der Waals surface area (Å²) in [4.78, 5) is 13.1. The molecule has 0 aromatic heterocycles. The van der Waals surface area contributed by atoms with Crippen molar-refractivity contribution in [1.82, 2.24) is 10.2 Å². The molecule has 106 valence electrons. The van der Waals surface area contributed by atoms with E-state index in [0.29, 0.717) is 35.8 Å². The zero-order chi connectivity index (χ0) is 14.4. The summed E-state index contributed by atoms with van der Waals surface area (Å²) in [7, 11) is 4.95. The number of methoxy groups -OCH3 is 1. The first-order valence-electron chi connectivity index (χ1n) is 5.92. The van der Waals surface area contributed by atoms with E-state index in [4.69, 9.17) is 16.3 Å². The second-order valence-electron chi connectivity index (χ2n) is 4.28. The molecule has 0 heterocycles. The van der Waals surface area contributed by atoms with Gasteiger partial charge in [-0.3, -0.25) is 4.79 Å². The molecule has 0 saturated heterocycles. The Bertz CT molecular complexity index is 452. The van der Waals surface area contributed by atoms with Gasteiger partial charge in [0.05, 0.1) is 7.11 Å². The van der Waals surface area contributed by atoms with Crippen molar-refractivity contribution in [1.29, 1.82) is 0 Å². The SMILES string of the molecule is CNC(=O)CCN(C)Cc1cc(Cl)cc(OC)c1O. The third-order valence-electron chi connectivity index (χ3n) is 2.78. The fourth-order valence-corrected chi connectivity index (χ4v) is 1.92. The van der Waals surface area contributed by atoms with Gasteiger partial charge in [-0.05, 0) is 13.1 Å². The van der Waals surface area contributed by atoms with Gasteiger partial charge in [0.15, 0.2) is 11.5 Å². The second-order valence-corrected chi connectivity index (χ2v) is 4.71. The van der Waals surface area contributed by atoms with Gasteiger partial charge in [-0.15, -0.1) is 0 Å². The molecule has 0 aliphatic heterocycles. The summed E-state index contributed by atoms with van der Waals surface area (Å²) < 4.78 is 5.05. The van der Waals surface area contributed by atoms with Crippen LogP contribution in [0.25, 0.3) is 0 Å². The molecule has 0 radical (unpaired) electrons. The Morgan fingerprint density at radius 3 is 2.79 bits per heavy atom. The minimum atomic E-state index is -0.0141. The fourth-order valence-electron chi connectivity index (χ4n) is 1.69. The summed E-state index contributed by atoms with van der Waals surface area (Å²) in [5.41, 5.74) is 0.670. The number of amides is 1. The van der Waals surface area contributed by atoms with Crippen LogP contribution in [0, 0.1) is 0 Å². The zero-order valence-corrected chi connectivity index (χ0v) is 12.1. The van der Waals surface area contributed by atoms with Gasteiger partial charge in [0.25, 0.3) is 0 Å².